The van der Waals surface area contributed by atoms with E-state index >= 15 is 0 Å². The Labute approximate surface area is 258 Å². The third-order valence-electron chi connectivity index (χ3n) is 6.59. The highest BCUT2D eigenvalue weighted by Gasteiger charge is 2.20. The van der Waals surface area contributed by atoms with Gasteiger partial charge in [0.05, 0.1) is 23.4 Å². The minimum absolute atomic E-state index is 0.173. The maximum atomic E-state index is 13.4. The van der Waals surface area contributed by atoms with Crippen LogP contribution in [0.5, 0.6) is 11.5 Å². The van der Waals surface area contributed by atoms with E-state index in [-0.39, 0.29) is 16.3 Å². The monoisotopic (exact) mass is 614 g/mol. The Balaban J connectivity index is 1.38. The van der Waals surface area contributed by atoms with Crippen LogP contribution in [0.15, 0.2) is 90.0 Å². The summed E-state index contributed by atoms with van der Waals surface area (Å²) in [5.74, 6) is -0.508. The van der Waals surface area contributed by atoms with Gasteiger partial charge in [0.1, 0.15) is 5.69 Å². The van der Waals surface area contributed by atoms with Crippen LogP contribution in [0, 0.1) is 0 Å². The Hall–Kier alpha value is -4.79. The topological polar surface area (TPSA) is 96.0 Å². The van der Waals surface area contributed by atoms with Gasteiger partial charge in [0.2, 0.25) is 0 Å². The summed E-state index contributed by atoms with van der Waals surface area (Å²) in [7, 11) is 3.95. The van der Waals surface area contributed by atoms with Gasteiger partial charge in [0.25, 0.3) is 5.91 Å². The maximum absolute atomic E-state index is 13.4. The van der Waals surface area contributed by atoms with Crippen molar-refractivity contribution in [2.45, 2.75) is 6.92 Å². The number of benzene rings is 4. The molecule has 0 saturated carbocycles. The van der Waals surface area contributed by atoms with Gasteiger partial charge in [-0.05, 0) is 72.6 Å². The van der Waals surface area contributed by atoms with Crippen molar-refractivity contribution in [3.05, 3.63) is 112 Å². The largest absolute Gasteiger partial charge is 0.490 e. The number of rotatable bonds is 9. The highest BCUT2D eigenvalue weighted by molar-refractivity contribution is 6.36. The van der Waals surface area contributed by atoms with Crippen LogP contribution in [0.4, 0.5) is 5.69 Å². The van der Waals surface area contributed by atoms with Crippen molar-refractivity contribution >= 4 is 57.9 Å². The van der Waals surface area contributed by atoms with Gasteiger partial charge < -0.3 is 19.4 Å². The molecule has 1 amide bonds. The van der Waals surface area contributed by atoms with Crippen LogP contribution >= 0.6 is 23.2 Å². The van der Waals surface area contributed by atoms with Crippen molar-refractivity contribution in [2.24, 2.45) is 5.10 Å². The Bertz CT molecular complexity index is 1830. The van der Waals surface area contributed by atoms with E-state index in [2.05, 4.69) is 21.6 Å². The number of anilines is 1. The van der Waals surface area contributed by atoms with Gasteiger partial charge in [-0.1, -0.05) is 53.5 Å². The molecule has 0 aliphatic rings. The first-order valence-electron chi connectivity index (χ1n) is 13.4. The number of aromatic amines is 1. The molecule has 0 aliphatic heterocycles. The predicted molar refractivity (Wildman–Crippen MR) is 172 cm³/mol. The number of aromatic nitrogens is 1. The molecule has 0 bridgehead atoms. The molecule has 1 aromatic heterocycles. The summed E-state index contributed by atoms with van der Waals surface area (Å²) in [4.78, 5) is 31.4. The Kier molecular flexibility index (Phi) is 8.99. The molecule has 4 aromatic carbocycles. The van der Waals surface area contributed by atoms with E-state index in [4.69, 9.17) is 32.7 Å². The van der Waals surface area contributed by atoms with E-state index in [9.17, 15) is 9.59 Å². The zero-order valence-electron chi connectivity index (χ0n) is 23.7. The molecule has 0 radical (unpaired) electrons. The lowest BCUT2D eigenvalue weighted by Crippen LogP contribution is -2.18. The van der Waals surface area contributed by atoms with Crippen molar-refractivity contribution in [1.29, 1.82) is 0 Å². The predicted octanol–water partition coefficient (Wildman–Crippen LogP) is 7.59. The molecular weight excluding hydrogens is 587 g/mol. The number of carbonyl (C=O) groups excluding carboxylic acids is 2. The molecule has 5 aromatic rings. The summed E-state index contributed by atoms with van der Waals surface area (Å²) >= 11 is 12.1. The number of halogens is 2. The minimum Gasteiger partial charge on any atom is -0.490 e. The second-order valence-electron chi connectivity index (χ2n) is 9.72. The lowest BCUT2D eigenvalue weighted by atomic mass is 10.0. The molecular formula is C33H28Cl2N4O4. The Morgan fingerprint density at radius 1 is 0.953 bits per heavy atom. The van der Waals surface area contributed by atoms with Gasteiger partial charge >= 0.3 is 5.97 Å². The number of esters is 1. The third kappa shape index (κ3) is 6.66. The van der Waals surface area contributed by atoms with Crippen LogP contribution in [0.1, 0.15) is 33.3 Å². The van der Waals surface area contributed by atoms with Crippen LogP contribution in [0.3, 0.4) is 0 Å². The summed E-state index contributed by atoms with van der Waals surface area (Å²) in [6.07, 6.45) is 1.48. The van der Waals surface area contributed by atoms with Gasteiger partial charge in [-0.15, -0.1) is 0 Å². The van der Waals surface area contributed by atoms with Crippen LogP contribution in [-0.2, 0) is 0 Å². The number of hydrogen-bond acceptors (Lipinski definition) is 6. The Morgan fingerprint density at radius 3 is 2.47 bits per heavy atom. The average Bonchev–Trinajstić information content (AvgIpc) is 3.38. The summed E-state index contributed by atoms with van der Waals surface area (Å²) in [6.45, 7) is 2.15. The molecule has 1 heterocycles. The average molecular weight is 616 g/mol. The lowest BCUT2D eigenvalue weighted by molar-refractivity contribution is 0.0728. The first kappa shape index (κ1) is 29.7. The molecule has 2 N–H and O–H groups in total. The molecule has 43 heavy (non-hydrogen) atoms. The highest BCUT2D eigenvalue weighted by atomic mass is 35.5. The first-order valence-corrected chi connectivity index (χ1v) is 14.2. The van der Waals surface area contributed by atoms with Crippen molar-refractivity contribution in [3.63, 3.8) is 0 Å². The number of amides is 1. The second kappa shape index (κ2) is 13.0. The van der Waals surface area contributed by atoms with Crippen LogP contribution in [0.2, 0.25) is 10.0 Å². The first-order chi connectivity index (χ1) is 20.7. The standard InChI is InChI=1S/C33H28Cl2N4O4/c1-4-42-29-16-20(10-15-28(29)43-33(41)24-13-11-22(34)17-26(24)35)19-36-38-32(40)31-30(21-8-6-5-7-9-21)25-18-23(39(2)3)12-14-27(25)37-31/h5-19,37H,4H2,1-3H3,(H,38,40). The van der Waals surface area contributed by atoms with Gasteiger partial charge in [-0.2, -0.15) is 5.10 Å². The number of carbonyl (C=O) groups is 2. The van der Waals surface area contributed by atoms with Crippen molar-refractivity contribution in [3.8, 4) is 22.6 Å². The molecule has 0 saturated heterocycles. The fraction of sp³-hybridized carbons (Fsp3) is 0.121. The van der Waals surface area contributed by atoms with Crippen molar-refractivity contribution in [1.82, 2.24) is 10.4 Å². The quantitative estimate of drug-likeness (QED) is 0.0771. The SMILES string of the molecule is CCOc1cc(C=NNC(=O)c2[nH]c3ccc(N(C)C)cc3c2-c2ccccc2)ccc1OC(=O)c1ccc(Cl)cc1Cl. The van der Waals surface area contributed by atoms with Gasteiger partial charge in [-0.3, -0.25) is 4.79 Å². The summed E-state index contributed by atoms with van der Waals surface area (Å²) in [6, 6.07) is 25.2. The van der Waals surface area contributed by atoms with Crippen LogP contribution in [-0.4, -0.2) is 43.8 Å². The zero-order valence-corrected chi connectivity index (χ0v) is 25.2. The van der Waals surface area contributed by atoms with Gasteiger partial charge in [-0.25, -0.2) is 10.2 Å². The van der Waals surface area contributed by atoms with E-state index in [1.54, 1.807) is 24.3 Å². The Morgan fingerprint density at radius 2 is 1.74 bits per heavy atom. The zero-order chi connectivity index (χ0) is 30.5. The molecule has 0 spiro atoms. The molecule has 0 unspecified atom stereocenters. The summed E-state index contributed by atoms with van der Waals surface area (Å²) in [5, 5.41) is 5.70. The van der Waals surface area contributed by atoms with E-state index in [0.29, 0.717) is 28.6 Å². The van der Waals surface area contributed by atoms with E-state index < -0.39 is 11.9 Å². The van der Waals surface area contributed by atoms with Crippen LogP contribution in [0.25, 0.3) is 22.0 Å². The number of H-pyrrole nitrogens is 1. The second-order valence-corrected chi connectivity index (χ2v) is 10.6. The molecule has 8 nitrogen and oxygen atoms in total. The number of hydrogen-bond donors (Lipinski definition) is 2. The minimum atomic E-state index is -0.651. The van der Waals surface area contributed by atoms with Crippen molar-refractivity contribution in [2.75, 3.05) is 25.6 Å². The number of nitrogens with one attached hydrogen (secondary N) is 2. The fourth-order valence-corrected chi connectivity index (χ4v) is 5.01. The van der Waals surface area contributed by atoms with E-state index in [1.165, 1.54) is 18.3 Å². The fourth-order valence-electron chi connectivity index (χ4n) is 4.52. The molecule has 0 fully saturated rings. The normalized spacial score (nSPS) is 11.1. The van der Waals surface area contributed by atoms with Gasteiger partial charge in [0.15, 0.2) is 11.5 Å². The smallest absolute Gasteiger partial charge is 0.345 e. The number of hydrazone groups is 1. The number of nitrogens with zero attached hydrogens (tertiary/aromatic N) is 2. The highest BCUT2D eigenvalue weighted by Crippen LogP contribution is 2.35. The van der Waals surface area contributed by atoms with Crippen LogP contribution < -0.4 is 19.8 Å². The maximum Gasteiger partial charge on any atom is 0.345 e. The van der Waals surface area contributed by atoms with E-state index in [0.717, 1.165) is 27.7 Å². The molecule has 0 atom stereocenters. The summed E-state index contributed by atoms with van der Waals surface area (Å²) < 4.78 is 11.3. The third-order valence-corrected chi connectivity index (χ3v) is 7.14. The molecule has 5 rings (SSSR count). The van der Waals surface area contributed by atoms with Gasteiger partial charge in [0, 0.05) is 41.3 Å². The summed E-state index contributed by atoms with van der Waals surface area (Å²) in [5.41, 5.74) is 7.36. The van der Waals surface area contributed by atoms with E-state index in [1.807, 2.05) is 68.4 Å². The number of ether oxygens (including phenoxy) is 2. The lowest BCUT2D eigenvalue weighted by Gasteiger charge is -2.12. The molecule has 0 aliphatic carbocycles. The van der Waals surface area contributed by atoms with Crippen molar-refractivity contribution < 1.29 is 19.1 Å². The number of fused-ring (bicyclic) bond motifs is 1. The molecule has 10 heteroatoms. The molecule has 218 valence electrons.